The van der Waals surface area contributed by atoms with Crippen LogP contribution in [0.1, 0.15) is 39.5 Å². The van der Waals surface area contributed by atoms with Crippen LogP contribution >= 0.6 is 0 Å². The fraction of sp³-hybridized carbons (Fsp3) is 0.917. The molecule has 0 bridgehead atoms. The van der Waals surface area contributed by atoms with E-state index in [2.05, 4.69) is 13.8 Å². The number of hydrogen-bond donors (Lipinski definition) is 1. The molecular formula is C12H22N2O. The lowest BCUT2D eigenvalue weighted by atomic mass is 9.97. The molecule has 2 rings (SSSR count). The van der Waals surface area contributed by atoms with Gasteiger partial charge in [-0.15, -0.1) is 0 Å². The van der Waals surface area contributed by atoms with Crippen molar-refractivity contribution in [1.29, 1.82) is 0 Å². The third-order valence-electron chi connectivity index (χ3n) is 3.73. The molecule has 1 amide bonds. The molecule has 1 saturated carbocycles. The standard InChI is InChI=1S/C12H22N2O/c1-9-3-6-14(8-10(2)7-9)11(15)12(13)4-5-12/h9-10H,3-8,13H2,1-2H3. The molecule has 0 spiro atoms. The highest BCUT2D eigenvalue weighted by atomic mass is 16.2. The third-order valence-corrected chi connectivity index (χ3v) is 3.73. The summed E-state index contributed by atoms with van der Waals surface area (Å²) < 4.78 is 0. The van der Waals surface area contributed by atoms with Crippen molar-refractivity contribution in [2.24, 2.45) is 17.6 Å². The first-order chi connectivity index (χ1) is 7.01. The van der Waals surface area contributed by atoms with Crippen LogP contribution in [0.2, 0.25) is 0 Å². The molecule has 3 heteroatoms. The number of carbonyl (C=O) groups excluding carboxylic acids is 1. The van der Waals surface area contributed by atoms with Crippen molar-refractivity contribution in [1.82, 2.24) is 4.90 Å². The van der Waals surface area contributed by atoms with Gasteiger partial charge in [0.05, 0.1) is 5.54 Å². The number of amides is 1. The Morgan fingerprint density at radius 1 is 1.33 bits per heavy atom. The summed E-state index contributed by atoms with van der Waals surface area (Å²) >= 11 is 0. The summed E-state index contributed by atoms with van der Waals surface area (Å²) in [5.74, 6) is 1.56. The zero-order chi connectivity index (χ0) is 11.1. The maximum absolute atomic E-state index is 12.1. The molecule has 2 atom stereocenters. The van der Waals surface area contributed by atoms with E-state index in [4.69, 9.17) is 5.73 Å². The molecule has 2 N–H and O–H groups in total. The van der Waals surface area contributed by atoms with Crippen LogP contribution in [-0.2, 0) is 4.79 Å². The SMILES string of the molecule is CC1CCN(C(=O)C2(N)CC2)CC(C)C1. The van der Waals surface area contributed by atoms with Gasteiger partial charge in [0.15, 0.2) is 0 Å². The van der Waals surface area contributed by atoms with Crippen LogP contribution < -0.4 is 5.73 Å². The number of carbonyl (C=O) groups is 1. The van der Waals surface area contributed by atoms with Gasteiger partial charge in [-0.1, -0.05) is 13.8 Å². The molecule has 3 nitrogen and oxygen atoms in total. The fourth-order valence-corrected chi connectivity index (χ4v) is 2.57. The molecule has 15 heavy (non-hydrogen) atoms. The van der Waals surface area contributed by atoms with Crippen molar-refractivity contribution in [3.8, 4) is 0 Å². The van der Waals surface area contributed by atoms with Crippen LogP contribution in [0.3, 0.4) is 0 Å². The first-order valence-corrected chi connectivity index (χ1v) is 6.09. The average Bonchev–Trinajstić information content (AvgIpc) is 2.91. The normalized spacial score (nSPS) is 34.7. The van der Waals surface area contributed by atoms with Crippen LogP contribution in [-0.4, -0.2) is 29.4 Å². The topological polar surface area (TPSA) is 46.3 Å². The summed E-state index contributed by atoms with van der Waals surface area (Å²) in [6, 6.07) is 0. The number of nitrogens with two attached hydrogens (primary N) is 1. The van der Waals surface area contributed by atoms with Crippen LogP contribution in [0.15, 0.2) is 0 Å². The maximum Gasteiger partial charge on any atom is 0.242 e. The van der Waals surface area contributed by atoms with Crippen LogP contribution in [0.25, 0.3) is 0 Å². The van der Waals surface area contributed by atoms with Crippen LogP contribution in [0.5, 0.6) is 0 Å². The maximum atomic E-state index is 12.1. The first-order valence-electron chi connectivity index (χ1n) is 6.09. The Morgan fingerprint density at radius 2 is 2.00 bits per heavy atom. The van der Waals surface area contributed by atoms with Gasteiger partial charge in [0.2, 0.25) is 5.91 Å². The van der Waals surface area contributed by atoms with E-state index in [0.29, 0.717) is 5.92 Å². The second-order valence-corrected chi connectivity index (χ2v) is 5.64. The minimum atomic E-state index is -0.479. The Morgan fingerprint density at radius 3 is 2.60 bits per heavy atom. The number of hydrogen-bond acceptors (Lipinski definition) is 2. The van der Waals surface area contributed by atoms with Gasteiger partial charge in [-0.2, -0.15) is 0 Å². The third kappa shape index (κ3) is 2.33. The zero-order valence-corrected chi connectivity index (χ0v) is 9.83. The largest absolute Gasteiger partial charge is 0.341 e. The molecule has 0 aromatic heterocycles. The molecule has 1 saturated heterocycles. The lowest BCUT2D eigenvalue weighted by Crippen LogP contribution is -2.46. The Balaban J connectivity index is 1.99. The fourth-order valence-electron chi connectivity index (χ4n) is 2.57. The average molecular weight is 210 g/mol. The van der Waals surface area contributed by atoms with Crippen molar-refractivity contribution in [2.45, 2.75) is 45.1 Å². The van der Waals surface area contributed by atoms with Gasteiger partial charge in [-0.05, 0) is 37.5 Å². The van der Waals surface area contributed by atoms with E-state index in [-0.39, 0.29) is 5.91 Å². The summed E-state index contributed by atoms with van der Waals surface area (Å²) in [7, 11) is 0. The Kier molecular flexibility index (Phi) is 2.75. The molecule has 86 valence electrons. The number of likely N-dealkylation sites (tertiary alicyclic amines) is 1. The molecule has 2 fully saturated rings. The van der Waals surface area contributed by atoms with Crippen molar-refractivity contribution >= 4 is 5.91 Å². The monoisotopic (exact) mass is 210 g/mol. The van der Waals surface area contributed by atoms with Gasteiger partial charge >= 0.3 is 0 Å². The minimum Gasteiger partial charge on any atom is -0.341 e. The highest BCUT2D eigenvalue weighted by molar-refractivity contribution is 5.89. The minimum absolute atomic E-state index is 0.198. The van der Waals surface area contributed by atoms with Gasteiger partial charge in [-0.25, -0.2) is 0 Å². The molecule has 1 aliphatic carbocycles. The van der Waals surface area contributed by atoms with Crippen molar-refractivity contribution in [2.75, 3.05) is 13.1 Å². The molecule has 1 aliphatic heterocycles. The molecule has 0 aromatic rings. The quantitative estimate of drug-likeness (QED) is 0.710. The Hall–Kier alpha value is -0.570. The molecule has 2 unspecified atom stereocenters. The van der Waals surface area contributed by atoms with Crippen LogP contribution in [0.4, 0.5) is 0 Å². The molecule has 0 radical (unpaired) electrons. The van der Waals surface area contributed by atoms with Gasteiger partial charge in [0, 0.05) is 13.1 Å². The van der Waals surface area contributed by atoms with Gasteiger partial charge in [-0.3, -0.25) is 4.79 Å². The first kappa shape index (κ1) is 10.9. The van der Waals surface area contributed by atoms with Gasteiger partial charge in [0.25, 0.3) is 0 Å². The molecule has 0 aromatic carbocycles. The summed E-state index contributed by atoms with van der Waals surface area (Å²) in [5, 5.41) is 0. The number of rotatable bonds is 1. The van der Waals surface area contributed by atoms with E-state index in [1.165, 1.54) is 6.42 Å². The van der Waals surface area contributed by atoms with Crippen LogP contribution in [0, 0.1) is 11.8 Å². The van der Waals surface area contributed by atoms with Crippen molar-refractivity contribution in [3.05, 3.63) is 0 Å². The van der Waals surface area contributed by atoms with E-state index in [9.17, 15) is 4.79 Å². The smallest absolute Gasteiger partial charge is 0.242 e. The summed E-state index contributed by atoms with van der Waals surface area (Å²) in [6.07, 6.45) is 4.13. The van der Waals surface area contributed by atoms with E-state index in [1.54, 1.807) is 0 Å². The summed E-state index contributed by atoms with van der Waals surface area (Å²) in [6.45, 7) is 6.32. The Labute approximate surface area is 92.0 Å². The Bertz CT molecular complexity index is 260. The van der Waals surface area contributed by atoms with E-state index < -0.39 is 5.54 Å². The molecule has 1 heterocycles. The second-order valence-electron chi connectivity index (χ2n) is 5.64. The summed E-state index contributed by atoms with van der Waals surface area (Å²) in [4.78, 5) is 14.1. The number of nitrogens with zero attached hydrogens (tertiary/aromatic N) is 1. The summed E-state index contributed by atoms with van der Waals surface area (Å²) in [5.41, 5.74) is 5.48. The van der Waals surface area contributed by atoms with Crippen molar-refractivity contribution < 1.29 is 4.79 Å². The zero-order valence-electron chi connectivity index (χ0n) is 9.83. The van der Waals surface area contributed by atoms with Crippen molar-refractivity contribution in [3.63, 3.8) is 0 Å². The molecule has 2 aliphatic rings. The van der Waals surface area contributed by atoms with Gasteiger partial charge in [0.1, 0.15) is 0 Å². The predicted molar refractivity (Wildman–Crippen MR) is 60.3 cm³/mol. The van der Waals surface area contributed by atoms with E-state index in [0.717, 1.165) is 38.3 Å². The van der Waals surface area contributed by atoms with E-state index >= 15 is 0 Å². The lowest BCUT2D eigenvalue weighted by molar-refractivity contribution is -0.134. The lowest BCUT2D eigenvalue weighted by Gasteiger charge is -2.25. The molecular weight excluding hydrogens is 188 g/mol. The van der Waals surface area contributed by atoms with E-state index in [1.807, 2.05) is 4.90 Å². The van der Waals surface area contributed by atoms with Gasteiger partial charge < -0.3 is 10.6 Å². The second kappa shape index (κ2) is 3.78. The highest BCUT2D eigenvalue weighted by Crippen LogP contribution is 2.35. The predicted octanol–water partition coefficient (Wildman–Crippen LogP) is 1.37. The highest BCUT2D eigenvalue weighted by Gasteiger charge is 2.48.